The Labute approximate surface area is 144 Å². The van der Waals surface area contributed by atoms with Crippen molar-refractivity contribution in [3.8, 4) is 6.01 Å². The van der Waals surface area contributed by atoms with Crippen molar-refractivity contribution in [3.05, 3.63) is 64.2 Å². The molecule has 0 aliphatic heterocycles. The molecule has 25 heavy (non-hydrogen) atoms. The van der Waals surface area contributed by atoms with Crippen LogP contribution in [0.4, 0.5) is 0 Å². The number of aromatic nitrogens is 3. The number of ether oxygens (including phenoxy) is 1. The lowest BCUT2D eigenvalue weighted by molar-refractivity contribution is 0.309. The fourth-order valence-corrected chi connectivity index (χ4v) is 2.33. The number of pyridine rings is 1. The summed E-state index contributed by atoms with van der Waals surface area (Å²) >= 11 is 0. The number of aromatic amines is 1. The van der Waals surface area contributed by atoms with Gasteiger partial charge in [-0.2, -0.15) is 4.98 Å². The summed E-state index contributed by atoms with van der Waals surface area (Å²) in [6, 6.07) is 9.64. The number of nitrogens with one attached hydrogen (secondary N) is 2. The maximum absolute atomic E-state index is 12.0. The number of benzene rings is 1. The molecule has 0 spiro atoms. The van der Waals surface area contributed by atoms with Gasteiger partial charge in [-0.3, -0.25) is 19.8 Å². The molecule has 2 N–H and O–H groups in total. The smallest absolute Gasteiger partial charge is 0.298 e. The molecule has 1 atom stereocenters. The van der Waals surface area contributed by atoms with Gasteiger partial charge in [-0.25, -0.2) is 0 Å². The van der Waals surface area contributed by atoms with Crippen LogP contribution in [0.3, 0.4) is 0 Å². The van der Waals surface area contributed by atoms with Gasteiger partial charge in [0.25, 0.3) is 11.6 Å². The highest BCUT2D eigenvalue weighted by Crippen LogP contribution is 2.09. The second kappa shape index (κ2) is 7.48. The highest BCUT2D eigenvalue weighted by Gasteiger charge is 2.09. The van der Waals surface area contributed by atoms with Crippen LogP contribution < -0.4 is 10.3 Å². The predicted molar refractivity (Wildman–Crippen MR) is 96.7 cm³/mol. The lowest BCUT2D eigenvalue weighted by Crippen LogP contribution is -2.22. The molecule has 3 aromatic rings. The number of aryl methyl sites for hydroxylation is 1. The fourth-order valence-electron chi connectivity index (χ4n) is 2.33. The van der Waals surface area contributed by atoms with E-state index in [-0.39, 0.29) is 11.6 Å². The molecule has 2 heterocycles. The van der Waals surface area contributed by atoms with Crippen molar-refractivity contribution in [2.24, 2.45) is 4.99 Å². The van der Waals surface area contributed by atoms with Crippen molar-refractivity contribution < 1.29 is 4.74 Å². The molecular formula is C18H17N5O2. The molecule has 0 radical (unpaired) electrons. The first-order valence-electron chi connectivity index (χ1n) is 7.72. The lowest BCUT2D eigenvalue weighted by atomic mass is 10.1. The van der Waals surface area contributed by atoms with Gasteiger partial charge < -0.3 is 10.1 Å². The van der Waals surface area contributed by atoms with E-state index in [0.717, 1.165) is 11.8 Å². The van der Waals surface area contributed by atoms with Crippen molar-refractivity contribution in [2.75, 3.05) is 0 Å². The van der Waals surface area contributed by atoms with E-state index in [1.165, 1.54) is 24.2 Å². The van der Waals surface area contributed by atoms with E-state index in [0.29, 0.717) is 17.4 Å². The largest absolute Gasteiger partial charge is 0.450 e. The molecule has 0 aliphatic rings. The zero-order chi connectivity index (χ0) is 17.6. The molecule has 0 bridgehead atoms. The maximum atomic E-state index is 12.0. The minimum atomic E-state index is -0.720. The SMILES string of the molecule is Cc1cccc(CN=CC(C=N)Oc2nc3cnccc3c(=O)[nH]2)c1. The lowest BCUT2D eigenvalue weighted by Gasteiger charge is -2.09. The summed E-state index contributed by atoms with van der Waals surface area (Å²) in [5.74, 6) is 0. The van der Waals surface area contributed by atoms with Crippen LogP contribution in [0.2, 0.25) is 0 Å². The van der Waals surface area contributed by atoms with E-state index >= 15 is 0 Å². The molecule has 0 amide bonds. The van der Waals surface area contributed by atoms with Crippen LogP contribution in [0.25, 0.3) is 10.9 Å². The molecule has 3 rings (SSSR count). The zero-order valence-electron chi connectivity index (χ0n) is 13.6. The number of rotatable bonds is 6. The van der Waals surface area contributed by atoms with Gasteiger partial charge in [0.15, 0.2) is 6.10 Å². The molecule has 0 saturated carbocycles. The van der Waals surface area contributed by atoms with Gasteiger partial charge in [0, 0.05) is 18.6 Å². The van der Waals surface area contributed by atoms with Crippen molar-refractivity contribution >= 4 is 23.3 Å². The van der Waals surface area contributed by atoms with E-state index in [4.69, 9.17) is 10.1 Å². The van der Waals surface area contributed by atoms with Crippen molar-refractivity contribution in [2.45, 2.75) is 19.6 Å². The Morgan fingerprint density at radius 2 is 2.28 bits per heavy atom. The quantitative estimate of drug-likeness (QED) is 0.674. The molecule has 1 aromatic carbocycles. The van der Waals surface area contributed by atoms with Crippen LogP contribution in [0.1, 0.15) is 11.1 Å². The average molecular weight is 335 g/mol. The molecule has 1 unspecified atom stereocenters. The van der Waals surface area contributed by atoms with Gasteiger partial charge in [0.2, 0.25) is 0 Å². The van der Waals surface area contributed by atoms with Crippen molar-refractivity contribution in [1.82, 2.24) is 15.0 Å². The van der Waals surface area contributed by atoms with Gasteiger partial charge >= 0.3 is 0 Å². The normalized spacial score (nSPS) is 12.4. The van der Waals surface area contributed by atoms with E-state index in [1.54, 1.807) is 6.07 Å². The summed E-state index contributed by atoms with van der Waals surface area (Å²) < 4.78 is 5.53. The van der Waals surface area contributed by atoms with Crippen LogP contribution in [0.5, 0.6) is 6.01 Å². The van der Waals surface area contributed by atoms with Gasteiger partial charge in [0.05, 0.1) is 23.6 Å². The van der Waals surface area contributed by atoms with Crippen LogP contribution in [-0.2, 0) is 6.54 Å². The average Bonchev–Trinajstić information content (AvgIpc) is 2.61. The second-order valence-electron chi connectivity index (χ2n) is 5.49. The Hall–Kier alpha value is -3.35. The van der Waals surface area contributed by atoms with E-state index in [2.05, 4.69) is 19.9 Å². The molecule has 7 nitrogen and oxygen atoms in total. The van der Waals surface area contributed by atoms with Gasteiger partial charge in [-0.05, 0) is 18.6 Å². The molecule has 0 aliphatic carbocycles. The number of hydrogen-bond acceptors (Lipinski definition) is 6. The van der Waals surface area contributed by atoms with Crippen LogP contribution in [0.15, 0.2) is 52.5 Å². The molecule has 2 aromatic heterocycles. The second-order valence-corrected chi connectivity index (χ2v) is 5.49. The monoisotopic (exact) mass is 335 g/mol. The number of nitrogens with zero attached hydrogens (tertiary/aromatic N) is 3. The van der Waals surface area contributed by atoms with Gasteiger partial charge in [-0.1, -0.05) is 29.8 Å². The first-order chi connectivity index (χ1) is 12.2. The number of hydrogen-bond donors (Lipinski definition) is 2. The Balaban J connectivity index is 1.73. The molecule has 0 saturated heterocycles. The van der Waals surface area contributed by atoms with Crippen LogP contribution in [-0.4, -0.2) is 33.5 Å². The summed E-state index contributed by atoms with van der Waals surface area (Å²) in [4.78, 5) is 27.0. The highest BCUT2D eigenvalue weighted by atomic mass is 16.5. The Morgan fingerprint density at radius 1 is 1.40 bits per heavy atom. The first kappa shape index (κ1) is 16.5. The maximum Gasteiger partial charge on any atom is 0.298 e. The summed E-state index contributed by atoms with van der Waals surface area (Å²) in [5.41, 5.74) is 2.35. The van der Waals surface area contributed by atoms with E-state index < -0.39 is 6.10 Å². The van der Waals surface area contributed by atoms with E-state index in [9.17, 15) is 4.79 Å². The van der Waals surface area contributed by atoms with Crippen LogP contribution in [0, 0.1) is 12.3 Å². The number of fused-ring (bicyclic) bond motifs is 1. The summed E-state index contributed by atoms with van der Waals surface area (Å²) in [7, 11) is 0. The topological polar surface area (TPSA) is 104 Å². The third kappa shape index (κ3) is 4.14. The third-order valence-corrected chi connectivity index (χ3v) is 3.51. The Morgan fingerprint density at radius 3 is 3.08 bits per heavy atom. The third-order valence-electron chi connectivity index (χ3n) is 3.51. The molecule has 126 valence electrons. The molecule has 0 fully saturated rings. The standard InChI is InChI=1S/C18H17N5O2/c1-12-3-2-4-13(7-12)9-21-10-14(8-19)25-18-22-16-11-20-6-5-15(16)17(24)23-18/h2-8,10-11,14,19H,9H2,1H3,(H,22,23,24). The van der Waals surface area contributed by atoms with Gasteiger partial charge in [0.1, 0.15) is 0 Å². The van der Waals surface area contributed by atoms with Gasteiger partial charge in [-0.15, -0.1) is 0 Å². The predicted octanol–water partition coefficient (Wildman–Crippen LogP) is 2.29. The Kier molecular flexibility index (Phi) is 4.94. The minimum absolute atomic E-state index is 0.0287. The minimum Gasteiger partial charge on any atom is -0.450 e. The summed E-state index contributed by atoms with van der Waals surface area (Å²) in [6.45, 7) is 2.51. The number of aliphatic imine (C=N–C) groups is 1. The van der Waals surface area contributed by atoms with Crippen molar-refractivity contribution in [3.63, 3.8) is 0 Å². The molecule has 7 heteroatoms. The van der Waals surface area contributed by atoms with E-state index in [1.807, 2.05) is 31.2 Å². The first-order valence-corrected chi connectivity index (χ1v) is 7.72. The molecular weight excluding hydrogens is 318 g/mol. The summed E-state index contributed by atoms with van der Waals surface area (Å²) in [6.07, 6.45) is 4.90. The zero-order valence-corrected chi connectivity index (χ0v) is 13.6. The fraction of sp³-hybridized carbons (Fsp3) is 0.167. The summed E-state index contributed by atoms with van der Waals surface area (Å²) in [5, 5.41) is 7.90. The van der Waals surface area contributed by atoms with Crippen molar-refractivity contribution in [1.29, 1.82) is 5.41 Å². The van der Waals surface area contributed by atoms with Crippen LogP contribution >= 0.6 is 0 Å². The Bertz CT molecular complexity index is 980. The number of H-pyrrole nitrogens is 1. The highest BCUT2D eigenvalue weighted by molar-refractivity contribution is 5.85.